The van der Waals surface area contributed by atoms with Crippen LogP contribution in [0.4, 0.5) is 11.5 Å². The normalized spacial score (nSPS) is 9.89. The van der Waals surface area contributed by atoms with Crippen molar-refractivity contribution in [2.45, 2.75) is 13.3 Å². The summed E-state index contributed by atoms with van der Waals surface area (Å²) in [6, 6.07) is 13.1. The van der Waals surface area contributed by atoms with Gasteiger partial charge >= 0.3 is 0 Å². The summed E-state index contributed by atoms with van der Waals surface area (Å²) in [7, 11) is 0. The summed E-state index contributed by atoms with van der Waals surface area (Å²) in [5, 5.41) is 8.75. The van der Waals surface area contributed by atoms with Crippen molar-refractivity contribution >= 4 is 11.5 Å². The van der Waals surface area contributed by atoms with Gasteiger partial charge in [0.15, 0.2) is 0 Å². The summed E-state index contributed by atoms with van der Waals surface area (Å²) in [5.41, 5.74) is 0.718. The van der Waals surface area contributed by atoms with Gasteiger partial charge in [-0.15, -0.1) is 0 Å². The molecule has 96 valence electrons. The van der Waals surface area contributed by atoms with Gasteiger partial charge in [-0.2, -0.15) is 5.26 Å². The molecule has 0 unspecified atom stereocenters. The molecule has 0 radical (unpaired) electrons. The zero-order valence-corrected chi connectivity index (χ0v) is 10.6. The minimum Gasteiger partial charge on any atom is -0.325 e. The molecule has 0 fully saturated rings. The Balaban J connectivity index is 2.43. The Morgan fingerprint density at radius 1 is 1.37 bits per heavy atom. The number of hydrogen-bond donors (Lipinski definition) is 1. The van der Waals surface area contributed by atoms with Crippen molar-refractivity contribution in [3.05, 3.63) is 52.6 Å². The number of hydrogen-bond acceptors (Lipinski definition) is 4. The number of rotatable bonds is 4. The molecule has 1 N–H and O–H groups in total. The Morgan fingerprint density at radius 3 is 2.74 bits per heavy atom. The van der Waals surface area contributed by atoms with E-state index in [4.69, 9.17) is 5.26 Å². The number of benzene rings is 1. The third kappa shape index (κ3) is 3.19. The third-order valence-electron chi connectivity index (χ3n) is 2.64. The second-order valence-electron chi connectivity index (χ2n) is 4.08. The van der Waals surface area contributed by atoms with Crippen LogP contribution >= 0.6 is 0 Å². The lowest BCUT2D eigenvalue weighted by Gasteiger charge is -2.22. The van der Waals surface area contributed by atoms with E-state index in [1.807, 2.05) is 35.2 Å². The number of para-hydroxylation sites is 1. The SMILES string of the molecule is Cc1nc(N(CCC#N)c2ccccc2)cc(=O)[nH]1. The molecule has 0 aliphatic rings. The van der Waals surface area contributed by atoms with Crippen molar-refractivity contribution in [3.63, 3.8) is 0 Å². The Labute approximate surface area is 111 Å². The highest BCUT2D eigenvalue weighted by Crippen LogP contribution is 2.22. The Kier molecular flexibility index (Phi) is 3.94. The van der Waals surface area contributed by atoms with Crippen LogP contribution in [-0.2, 0) is 0 Å². The van der Waals surface area contributed by atoms with Crippen LogP contribution in [-0.4, -0.2) is 16.5 Å². The lowest BCUT2D eigenvalue weighted by Crippen LogP contribution is -2.22. The molecule has 5 heteroatoms. The maximum absolute atomic E-state index is 11.5. The van der Waals surface area contributed by atoms with Gasteiger partial charge in [0.2, 0.25) is 0 Å². The van der Waals surface area contributed by atoms with Crippen LogP contribution < -0.4 is 10.5 Å². The largest absolute Gasteiger partial charge is 0.325 e. The second kappa shape index (κ2) is 5.83. The molecule has 0 atom stereocenters. The predicted octanol–water partition coefficient (Wildman–Crippen LogP) is 2.13. The monoisotopic (exact) mass is 254 g/mol. The van der Waals surface area contributed by atoms with Crippen LogP contribution in [0.5, 0.6) is 0 Å². The smallest absolute Gasteiger partial charge is 0.252 e. The summed E-state index contributed by atoms with van der Waals surface area (Å²) in [6.45, 7) is 2.23. The van der Waals surface area contributed by atoms with Gasteiger partial charge < -0.3 is 9.88 Å². The number of aryl methyl sites for hydroxylation is 1. The van der Waals surface area contributed by atoms with E-state index >= 15 is 0 Å². The summed E-state index contributed by atoms with van der Waals surface area (Å²) in [4.78, 5) is 20.3. The van der Waals surface area contributed by atoms with Crippen molar-refractivity contribution in [3.8, 4) is 6.07 Å². The first-order chi connectivity index (χ1) is 9.20. The molecule has 1 heterocycles. The molecule has 1 aromatic heterocycles. The van der Waals surface area contributed by atoms with Crippen LogP contribution in [0.25, 0.3) is 0 Å². The van der Waals surface area contributed by atoms with Gasteiger partial charge in [-0.25, -0.2) is 4.98 Å². The van der Waals surface area contributed by atoms with E-state index in [2.05, 4.69) is 16.0 Å². The van der Waals surface area contributed by atoms with E-state index in [0.29, 0.717) is 24.6 Å². The van der Waals surface area contributed by atoms with Crippen LogP contribution in [0, 0.1) is 18.3 Å². The van der Waals surface area contributed by atoms with Crippen LogP contribution in [0.15, 0.2) is 41.2 Å². The van der Waals surface area contributed by atoms with Gasteiger partial charge in [0, 0.05) is 18.3 Å². The molecule has 0 bridgehead atoms. The molecular formula is C14H14N4O. The first-order valence-corrected chi connectivity index (χ1v) is 5.98. The van der Waals surface area contributed by atoms with E-state index in [1.165, 1.54) is 6.07 Å². The molecule has 0 aliphatic carbocycles. The fraction of sp³-hybridized carbons (Fsp3) is 0.214. The second-order valence-corrected chi connectivity index (χ2v) is 4.08. The van der Waals surface area contributed by atoms with Crippen molar-refractivity contribution in [1.82, 2.24) is 9.97 Å². The number of nitrogens with zero attached hydrogens (tertiary/aromatic N) is 3. The average molecular weight is 254 g/mol. The molecule has 0 aliphatic heterocycles. The molecule has 2 aromatic rings. The Bertz CT molecular complexity index is 642. The number of nitrogens with one attached hydrogen (secondary N) is 1. The molecule has 0 saturated heterocycles. The summed E-state index contributed by atoms with van der Waals surface area (Å²) in [5.74, 6) is 1.11. The summed E-state index contributed by atoms with van der Waals surface area (Å²) < 4.78 is 0. The van der Waals surface area contributed by atoms with E-state index < -0.39 is 0 Å². The quantitative estimate of drug-likeness (QED) is 0.907. The third-order valence-corrected chi connectivity index (χ3v) is 2.64. The van der Waals surface area contributed by atoms with Crippen LogP contribution in [0.3, 0.4) is 0 Å². The maximum Gasteiger partial charge on any atom is 0.252 e. The zero-order chi connectivity index (χ0) is 13.7. The zero-order valence-electron chi connectivity index (χ0n) is 10.6. The van der Waals surface area contributed by atoms with Gasteiger partial charge in [-0.05, 0) is 19.1 Å². The van der Waals surface area contributed by atoms with Gasteiger partial charge in [0.05, 0.1) is 12.5 Å². The van der Waals surface area contributed by atoms with Crippen molar-refractivity contribution in [2.75, 3.05) is 11.4 Å². The highest BCUT2D eigenvalue weighted by atomic mass is 16.1. The van der Waals surface area contributed by atoms with E-state index in [-0.39, 0.29) is 5.56 Å². The van der Waals surface area contributed by atoms with Crippen molar-refractivity contribution in [1.29, 1.82) is 5.26 Å². The molecule has 0 amide bonds. The van der Waals surface area contributed by atoms with E-state index in [0.717, 1.165) is 5.69 Å². The lowest BCUT2D eigenvalue weighted by molar-refractivity contribution is 0.900. The van der Waals surface area contributed by atoms with Crippen molar-refractivity contribution < 1.29 is 0 Å². The highest BCUT2D eigenvalue weighted by Gasteiger charge is 2.11. The van der Waals surface area contributed by atoms with E-state index in [9.17, 15) is 4.79 Å². The van der Waals surface area contributed by atoms with Crippen LogP contribution in [0.2, 0.25) is 0 Å². The molecular weight excluding hydrogens is 240 g/mol. The molecule has 19 heavy (non-hydrogen) atoms. The number of aromatic nitrogens is 2. The number of anilines is 2. The van der Waals surface area contributed by atoms with Crippen LogP contribution in [0.1, 0.15) is 12.2 Å². The minimum absolute atomic E-state index is 0.194. The first-order valence-electron chi connectivity index (χ1n) is 5.98. The molecule has 2 rings (SSSR count). The maximum atomic E-state index is 11.5. The predicted molar refractivity (Wildman–Crippen MR) is 73.3 cm³/mol. The van der Waals surface area contributed by atoms with Crippen molar-refractivity contribution in [2.24, 2.45) is 0 Å². The first kappa shape index (κ1) is 12.8. The molecule has 5 nitrogen and oxygen atoms in total. The Hall–Kier alpha value is -2.61. The summed E-state index contributed by atoms with van der Waals surface area (Å²) in [6.07, 6.45) is 0.364. The average Bonchev–Trinajstić information content (AvgIpc) is 2.39. The van der Waals surface area contributed by atoms with Gasteiger partial charge in [-0.1, -0.05) is 18.2 Å². The van der Waals surface area contributed by atoms with E-state index in [1.54, 1.807) is 6.92 Å². The minimum atomic E-state index is -0.194. The highest BCUT2D eigenvalue weighted by molar-refractivity contribution is 5.59. The fourth-order valence-electron chi connectivity index (χ4n) is 1.85. The Morgan fingerprint density at radius 2 is 2.11 bits per heavy atom. The number of aromatic amines is 1. The van der Waals surface area contributed by atoms with Gasteiger partial charge in [-0.3, -0.25) is 4.79 Å². The topological polar surface area (TPSA) is 72.8 Å². The molecule has 1 aromatic carbocycles. The molecule has 0 saturated carbocycles. The number of nitriles is 1. The fourth-order valence-corrected chi connectivity index (χ4v) is 1.85. The van der Waals surface area contributed by atoms with Gasteiger partial charge in [0.25, 0.3) is 5.56 Å². The molecule has 0 spiro atoms. The van der Waals surface area contributed by atoms with Gasteiger partial charge in [0.1, 0.15) is 11.6 Å². The lowest BCUT2D eigenvalue weighted by atomic mass is 10.2. The number of H-pyrrole nitrogens is 1. The summed E-state index contributed by atoms with van der Waals surface area (Å²) >= 11 is 0. The standard InChI is InChI=1S/C14H14N4O/c1-11-16-13(10-14(19)17-11)18(9-5-8-15)12-6-3-2-4-7-12/h2-4,6-7,10H,5,9H2,1H3,(H,16,17,19).